The number of halogens is 1. The van der Waals surface area contributed by atoms with Crippen molar-refractivity contribution in [2.45, 2.75) is 6.42 Å². The standard InChI is InChI=1S/C7H13N3.ClH/c1-6-2-9-4-7(1)5-10(3-6)8-9;/h6-8H,1-5H2;1H. The first-order valence-electron chi connectivity index (χ1n) is 4.16. The minimum atomic E-state index is 0. The molecule has 0 unspecified atom stereocenters. The molecule has 4 aliphatic rings. The summed E-state index contributed by atoms with van der Waals surface area (Å²) in [7, 11) is 0. The van der Waals surface area contributed by atoms with Crippen LogP contribution in [0.15, 0.2) is 0 Å². The SMILES string of the molecule is C1C2CN3CC1CN(C2)N3.Cl. The average molecular weight is 176 g/mol. The minimum absolute atomic E-state index is 0. The number of hydrogen-bond acceptors (Lipinski definition) is 3. The average Bonchev–Trinajstić information content (AvgIpc) is 1.82. The van der Waals surface area contributed by atoms with E-state index in [0.29, 0.717) is 0 Å². The van der Waals surface area contributed by atoms with Crippen LogP contribution >= 0.6 is 12.4 Å². The highest BCUT2D eigenvalue weighted by molar-refractivity contribution is 5.85. The van der Waals surface area contributed by atoms with Gasteiger partial charge in [-0.2, -0.15) is 5.53 Å². The van der Waals surface area contributed by atoms with E-state index in [1.54, 1.807) is 0 Å². The Labute approximate surface area is 73.1 Å². The summed E-state index contributed by atoms with van der Waals surface area (Å²) in [4.78, 5) is 0. The Hall–Kier alpha value is 0.170. The summed E-state index contributed by atoms with van der Waals surface area (Å²) in [5.41, 5.74) is 3.38. The Balaban J connectivity index is 0.000000480. The smallest absolute Gasteiger partial charge is 0.0185 e. The molecule has 0 aromatic rings. The van der Waals surface area contributed by atoms with Gasteiger partial charge in [-0.25, -0.2) is 10.0 Å². The molecule has 4 heteroatoms. The van der Waals surface area contributed by atoms with Crippen LogP contribution in [0.3, 0.4) is 0 Å². The van der Waals surface area contributed by atoms with E-state index in [0.717, 1.165) is 11.8 Å². The molecule has 4 saturated heterocycles. The van der Waals surface area contributed by atoms with E-state index in [2.05, 4.69) is 15.6 Å². The van der Waals surface area contributed by atoms with E-state index in [4.69, 9.17) is 0 Å². The lowest BCUT2D eigenvalue weighted by atomic mass is 9.85. The van der Waals surface area contributed by atoms with Gasteiger partial charge in [0.2, 0.25) is 0 Å². The zero-order valence-electron chi connectivity index (χ0n) is 6.49. The topological polar surface area (TPSA) is 18.5 Å². The molecule has 0 aliphatic carbocycles. The zero-order valence-corrected chi connectivity index (χ0v) is 7.31. The van der Waals surface area contributed by atoms with Crippen LogP contribution in [0, 0.1) is 11.8 Å². The van der Waals surface area contributed by atoms with Crippen molar-refractivity contribution in [3.05, 3.63) is 0 Å². The maximum Gasteiger partial charge on any atom is 0.0185 e. The van der Waals surface area contributed by atoms with Crippen LogP contribution in [0.5, 0.6) is 0 Å². The quantitative estimate of drug-likeness (QED) is 0.564. The lowest BCUT2D eigenvalue weighted by Gasteiger charge is -2.53. The molecule has 0 radical (unpaired) electrons. The maximum absolute atomic E-state index is 3.38. The summed E-state index contributed by atoms with van der Waals surface area (Å²) in [5, 5.41) is 4.73. The molecule has 64 valence electrons. The second-order valence-corrected chi connectivity index (χ2v) is 3.88. The Kier molecular flexibility index (Phi) is 1.84. The molecule has 4 fully saturated rings. The van der Waals surface area contributed by atoms with Gasteiger partial charge in [-0.1, -0.05) is 0 Å². The fourth-order valence-electron chi connectivity index (χ4n) is 2.64. The van der Waals surface area contributed by atoms with Gasteiger partial charge in [-0.3, -0.25) is 0 Å². The highest BCUT2D eigenvalue weighted by Crippen LogP contribution is 2.30. The lowest BCUT2D eigenvalue weighted by molar-refractivity contribution is -0.139. The van der Waals surface area contributed by atoms with Gasteiger partial charge in [0.15, 0.2) is 0 Å². The maximum atomic E-state index is 3.38. The van der Waals surface area contributed by atoms with E-state index in [1.165, 1.54) is 32.6 Å². The largest absolute Gasteiger partial charge is 0.230 e. The van der Waals surface area contributed by atoms with Crippen molar-refractivity contribution in [2.75, 3.05) is 26.2 Å². The summed E-state index contributed by atoms with van der Waals surface area (Å²) in [6.45, 7) is 5.14. The first kappa shape index (κ1) is 7.80. The number of rotatable bonds is 0. The van der Waals surface area contributed by atoms with Crippen LogP contribution in [0.1, 0.15) is 6.42 Å². The number of hydrazine groups is 2. The van der Waals surface area contributed by atoms with Crippen molar-refractivity contribution in [1.29, 1.82) is 0 Å². The van der Waals surface area contributed by atoms with Crippen LogP contribution in [0.4, 0.5) is 0 Å². The second kappa shape index (κ2) is 2.59. The van der Waals surface area contributed by atoms with E-state index < -0.39 is 0 Å². The first-order chi connectivity index (χ1) is 4.90. The molecule has 1 N–H and O–H groups in total. The highest BCUT2D eigenvalue weighted by Gasteiger charge is 2.39. The van der Waals surface area contributed by atoms with Crippen LogP contribution in [-0.4, -0.2) is 36.2 Å². The van der Waals surface area contributed by atoms with E-state index in [-0.39, 0.29) is 12.4 Å². The van der Waals surface area contributed by atoms with Gasteiger partial charge in [0.05, 0.1) is 0 Å². The molecular weight excluding hydrogens is 162 g/mol. The van der Waals surface area contributed by atoms with Crippen molar-refractivity contribution in [1.82, 2.24) is 15.6 Å². The summed E-state index contributed by atoms with van der Waals surface area (Å²) in [5.74, 6) is 1.93. The molecule has 4 heterocycles. The third-order valence-electron chi connectivity index (χ3n) is 2.86. The van der Waals surface area contributed by atoms with Crippen LogP contribution in [-0.2, 0) is 0 Å². The number of piperidine rings is 2. The van der Waals surface area contributed by atoms with Gasteiger partial charge in [-0.05, 0) is 18.3 Å². The van der Waals surface area contributed by atoms with Gasteiger partial charge in [-0.15, -0.1) is 12.4 Å². The Bertz CT molecular complexity index is 105. The molecule has 4 aliphatic heterocycles. The monoisotopic (exact) mass is 175 g/mol. The molecule has 4 rings (SSSR count). The molecule has 4 bridgehead atoms. The summed E-state index contributed by atoms with van der Waals surface area (Å²) in [6.07, 6.45) is 1.48. The van der Waals surface area contributed by atoms with E-state index >= 15 is 0 Å². The summed E-state index contributed by atoms with van der Waals surface area (Å²) >= 11 is 0. The Morgan fingerprint density at radius 1 is 0.909 bits per heavy atom. The lowest BCUT2D eigenvalue weighted by Crippen LogP contribution is -2.69. The highest BCUT2D eigenvalue weighted by atomic mass is 35.5. The summed E-state index contributed by atoms with van der Waals surface area (Å²) < 4.78 is 0. The molecule has 0 aromatic carbocycles. The van der Waals surface area contributed by atoms with Gasteiger partial charge in [0, 0.05) is 26.2 Å². The minimum Gasteiger partial charge on any atom is -0.230 e. The zero-order chi connectivity index (χ0) is 6.55. The Morgan fingerprint density at radius 2 is 1.36 bits per heavy atom. The molecule has 0 atom stereocenters. The van der Waals surface area contributed by atoms with E-state index in [1.807, 2.05) is 0 Å². The van der Waals surface area contributed by atoms with Gasteiger partial charge < -0.3 is 0 Å². The van der Waals surface area contributed by atoms with Crippen LogP contribution in [0.25, 0.3) is 0 Å². The van der Waals surface area contributed by atoms with Crippen molar-refractivity contribution in [3.8, 4) is 0 Å². The van der Waals surface area contributed by atoms with Crippen molar-refractivity contribution in [2.24, 2.45) is 11.8 Å². The number of nitrogens with zero attached hydrogens (tertiary/aromatic N) is 2. The van der Waals surface area contributed by atoms with Gasteiger partial charge >= 0.3 is 0 Å². The Morgan fingerprint density at radius 3 is 1.73 bits per heavy atom. The summed E-state index contributed by atoms with van der Waals surface area (Å²) in [6, 6.07) is 0. The molecule has 0 aromatic heterocycles. The van der Waals surface area contributed by atoms with Crippen molar-refractivity contribution >= 4 is 12.4 Å². The number of hydrogen-bond donors (Lipinski definition) is 1. The second-order valence-electron chi connectivity index (χ2n) is 3.88. The predicted molar refractivity (Wildman–Crippen MR) is 45.1 cm³/mol. The molecule has 3 nitrogen and oxygen atoms in total. The van der Waals surface area contributed by atoms with Gasteiger partial charge in [0.25, 0.3) is 0 Å². The van der Waals surface area contributed by atoms with Crippen molar-refractivity contribution < 1.29 is 0 Å². The third-order valence-corrected chi connectivity index (χ3v) is 2.86. The number of nitrogens with one attached hydrogen (secondary N) is 1. The normalized spacial score (nSPS) is 52.4. The third kappa shape index (κ3) is 1.16. The molecule has 11 heavy (non-hydrogen) atoms. The first-order valence-corrected chi connectivity index (χ1v) is 4.16. The van der Waals surface area contributed by atoms with Crippen LogP contribution in [0.2, 0.25) is 0 Å². The van der Waals surface area contributed by atoms with Crippen molar-refractivity contribution in [3.63, 3.8) is 0 Å². The molecule has 0 saturated carbocycles. The fraction of sp³-hybridized carbons (Fsp3) is 1.00. The molecule has 0 amide bonds. The molecule has 0 spiro atoms. The fourth-order valence-corrected chi connectivity index (χ4v) is 2.64. The molecular formula is C7H14ClN3. The predicted octanol–water partition coefficient (Wildman–Crippen LogP) is 0.0951. The van der Waals surface area contributed by atoms with Gasteiger partial charge in [0.1, 0.15) is 0 Å². The van der Waals surface area contributed by atoms with E-state index in [9.17, 15) is 0 Å². The van der Waals surface area contributed by atoms with Crippen LogP contribution < -0.4 is 5.53 Å².